The summed E-state index contributed by atoms with van der Waals surface area (Å²) in [5, 5.41) is 0. The number of carbonyl (C=O) groups is 1. The number of carbonyl (C=O) groups excluding carboxylic acids is 1. The Morgan fingerprint density at radius 3 is 2.41 bits per heavy atom. The lowest BCUT2D eigenvalue weighted by Crippen LogP contribution is -2.60. The van der Waals surface area contributed by atoms with E-state index in [1.165, 1.54) is 0 Å². The molecule has 3 N–H and O–H groups in total. The van der Waals surface area contributed by atoms with Gasteiger partial charge < -0.3 is 4.74 Å². The van der Waals surface area contributed by atoms with Crippen molar-refractivity contribution in [2.75, 3.05) is 6.54 Å². The molecule has 17 heavy (non-hydrogen) atoms. The second kappa shape index (κ2) is 4.11. The molecule has 0 spiro atoms. The summed E-state index contributed by atoms with van der Waals surface area (Å²) in [6.45, 7) is 5.12. The van der Waals surface area contributed by atoms with Crippen LogP contribution < -0.4 is 5.73 Å². The van der Waals surface area contributed by atoms with Crippen molar-refractivity contribution in [2.24, 2.45) is 5.73 Å². The third-order valence-corrected chi connectivity index (χ3v) is 3.75. The predicted molar refractivity (Wildman–Crippen MR) is 60.6 cm³/mol. The predicted octanol–water partition coefficient (Wildman–Crippen LogP) is 0.518. The monoisotopic (exact) mass is 266 g/mol. The zero-order valence-electron chi connectivity index (χ0n) is 10.1. The Kier molecular flexibility index (Phi) is 3.43. The third kappa shape index (κ3) is 2.88. The number of hydrogen-bond donors (Lipinski definition) is 2. The molecule has 0 aromatic heterocycles. The van der Waals surface area contributed by atoms with E-state index < -0.39 is 26.8 Å². The van der Waals surface area contributed by atoms with Crippen LogP contribution in [0, 0.1) is 0 Å². The van der Waals surface area contributed by atoms with Crippen LogP contribution in [-0.4, -0.2) is 41.1 Å². The number of ether oxygens (including phenoxy) is 1. The fourth-order valence-electron chi connectivity index (χ4n) is 1.65. The number of likely N-dealkylation sites (tertiary alicyclic amines) is 1. The van der Waals surface area contributed by atoms with Crippen molar-refractivity contribution in [3.63, 3.8) is 0 Å². The van der Waals surface area contributed by atoms with Gasteiger partial charge in [-0.05, 0) is 27.2 Å². The Hall–Kier alpha value is -0.860. The van der Waals surface area contributed by atoms with Gasteiger partial charge in [-0.2, -0.15) is 8.42 Å². The molecule has 1 heterocycles. The van der Waals surface area contributed by atoms with Crippen LogP contribution >= 0.6 is 0 Å². The molecule has 0 aromatic carbocycles. The summed E-state index contributed by atoms with van der Waals surface area (Å²) in [5.74, 6) is 0. The van der Waals surface area contributed by atoms with Gasteiger partial charge in [-0.25, -0.2) is 4.79 Å². The molecule has 100 valence electrons. The Labute approximate surface area is 101 Å². The zero-order valence-corrected chi connectivity index (χ0v) is 11.0. The van der Waals surface area contributed by atoms with Crippen molar-refractivity contribution in [3.05, 3.63) is 0 Å². The first-order valence-corrected chi connectivity index (χ1v) is 6.68. The fourth-order valence-corrected chi connectivity index (χ4v) is 2.49. The lowest BCUT2D eigenvalue weighted by molar-refractivity contribution is 0.0181. The van der Waals surface area contributed by atoms with Crippen molar-refractivity contribution in [3.8, 4) is 0 Å². The molecule has 0 bridgehead atoms. The van der Waals surface area contributed by atoms with E-state index in [0.717, 1.165) is 4.90 Å². The zero-order chi connectivity index (χ0) is 13.5. The van der Waals surface area contributed by atoms with Crippen LogP contribution in [0.15, 0.2) is 0 Å². The van der Waals surface area contributed by atoms with Crippen molar-refractivity contribution >= 4 is 16.2 Å². The molecule has 0 aliphatic carbocycles. The van der Waals surface area contributed by atoms with Crippen molar-refractivity contribution in [1.82, 2.24) is 4.90 Å². The van der Waals surface area contributed by atoms with Crippen LogP contribution in [0.5, 0.6) is 0 Å². The molecule has 1 aliphatic heterocycles. The van der Waals surface area contributed by atoms with E-state index in [2.05, 4.69) is 0 Å². The first kappa shape index (κ1) is 14.2. The summed E-state index contributed by atoms with van der Waals surface area (Å²) in [7, 11) is -4.55. The van der Waals surface area contributed by atoms with E-state index in [1.807, 2.05) is 0 Å². The van der Waals surface area contributed by atoms with Gasteiger partial charge in [0.25, 0.3) is 0 Å². The summed E-state index contributed by atoms with van der Waals surface area (Å²) in [4.78, 5) is 10.6. The highest BCUT2D eigenvalue weighted by Gasteiger charge is 2.51. The summed E-state index contributed by atoms with van der Waals surface area (Å²) < 4.78 is 36.6. The second-order valence-electron chi connectivity index (χ2n) is 5.06. The third-order valence-electron chi connectivity index (χ3n) is 2.43. The molecule has 7 nitrogen and oxygen atoms in total. The average Bonchev–Trinajstić information content (AvgIpc) is 2.43. The van der Waals surface area contributed by atoms with Crippen LogP contribution in [0.1, 0.15) is 33.6 Å². The molecule has 0 aromatic rings. The molecule has 8 heteroatoms. The quantitative estimate of drug-likeness (QED) is 0.669. The Bertz CT molecular complexity index is 414. The van der Waals surface area contributed by atoms with E-state index in [0.29, 0.717) is 6.42 Å². The van der Waals surface area contributed by atoms with Gasteiger partial charge in [0.1, 0.15) is 5.60 Å². The highest BCUT2D eigenvalue weighted by atomic mass is 32.2. The van der Waals surface area contributed by atoms with Gasteiger partial charge in [-0.15, -0.1) is 0 Å². The maximum absolute atomic E-state index is 11.8. The van der Waals surface area contributed by atoms with Crippen LogP contribution in [0.3, 0.4) is 0 Å². The normalized spacial score (nSPS) is 26.1. The standard InChI is InChI=1S/C9H18N2O5S/c1-8(2,3)16-7(12)11-6-4-5-9(11,10)17(13,14)15/h4-6,10H2,1-3H3,(H,13,14,15). The highest BCUT2D eigenvalue weighted by molar-refractivity contribution is 7.87. The molecule has 1 saturated heterocycles. The van der Waals surface area contributed by atoms with Crippen molar-refractivity contribution in [2.45, 2.75) is 44.2 Å². The summed E-state index contributed by atoms with van der Waals surface area (Å²) >= 11 is 0. The van der Waals surface area contributed by atoms with Gasteiger partial charge in [0.05, 0.1) is 0 Å². The van der Waals surface area contributed by atoms with Gasteiger partial charge in [-0.3, -0.25) is 15.2 Å². The SMILES string of the molecule is CC(C)(C)OC(=O)N1CCCC1(N)S(=O)(=O)O. The van der Waals surface area contributed by atoms with Gasteiger partial charge in [-0.1, -0.05) is 0 Å². The molecule has 1 fully saturated rings. The van der Waals surface area contributed by atoms with Crippen LogP contribution in [0.2, 0.25) is 0 Å². The molecule has 1 aliphatic rings. The van der Waals surface area contributed by atoms with Crippen LogP contribution in [0.25, 0.3) is 0 Å². The molecule has 1 rings (SSSR count). The largest absolute Gasteiger partial charge is 0.444 e. The van der Waals surface area contributed by atoms with Gasteiger partial charge in [0.15, 0.2) is 0 Å². The molecule has 1 atom stereocenters. The smallest absolute Gasteiger partial charge is 0.412 e. The summed E-state index contributed by atoms with van der Waals surface area (Å²) in [5.41, 5.74) is 4.84. The molecule has 0 radical (unpaired) electrons. The van der Waals surface area contributed by atoms with Gasteiger partial charge >= 0.3 is 16.2 Å². The average molecular weight is 266 g/mol. The minimum atomic E-state index is -4.55. The molecular weight excluding hydrogens is 248 g/mol. The Morgan fingerprint density at radius 1 is 1.47 bits per heavy atom. The molecular formula is C9H18N2O5S. The van der Waals surface area contributed by atoms with E-state index in [9.17, 15) is 13.2 Å². The number of rotatable bonds is 1. The fraction of sp³-hybridized carbons (Fsp3) is 0.889. The van der Waals surface area contributed by atoms with Gasteiger partial charge in [0, 0.05) is 13.0 Å². The van der Waals surface area contributed by atoms with Crippen molar-refractivity contribution in [1.29, 1.82) is 0 Å². The lowest BCUT2D eigenvalue weighted by Gasteiger charge is -2.33. The van der Waals surface area contributed by atoms with Gasteiger partial charge in [0.2, 0.25) is 4.99 Å². The number of hydrogen-bond acceptors (Lipinski definition) is 5. The van der Waals surface area contributed by atoms with E-state index in [1.54, 1.807) is 20.8 Å². The number of amides is 1. The molecule has 1 unspecified atom stereocenters. The first-order valence-electron chi connectivity index (χ1n) is 5.24. The van der Waals surface area contributed by atoms with Crippen molar-refractivity contribution < 1.29 is 22.5 Å². The maximum atomic E-state index is 11.8. The maximum Gasteiger partial charge on any atom is 0.412 e. The van der Waals surface area contributed by atoms with E-state index in [4.69, 9.17) is 15.0 Å². The Balaban J connectivity index is 2.95. The minimum Gasteiger partial charge on any atom is -0.444 e. The number of nitrogens with two attached hydrogens (primary N) is 1. The highest BCUT2D eigenvalue weighted by Crippen LogP contribution is 2.30. The molecule has 1 amide bonds. The summed E-state index contributed by atoms with van der Waals surface area (Å²) in [6.07, 6.45) is -0.448. The Morgan fingerprint density at radius 2 is 2.00 bits per heavy atom. The second-order valence-corrected chi connectivity index (χ2v) is 6.71. The van der Waals surface area contributed by atoms with E-state index >= 15 is 0 Å². The minimum absolute atomic E-state index is 0.00885. The first-order chi connectivity index (χ1) is 7.47. The summed E-state index contributed by atoms with van der Waals surface area (Å²) in [6, 6.07) is 0. The van der Waals surface area contributed by atoms with Crippen LogP contribution in [-0.2, 0) is 14.9 Å². The number of nitrogens with zero attached hydrogens (tertiary/aromatic N) is 1. The molecule has 0 saturated carbocycles. The van der Waals surface area contributed by atoms with Crippen LogP contribution in [0.4, 0.5) is 4.79 Å². The van der Waals surface area contributed by atoms with E-state index in [-0.39, 0.29) is 13.0 Å². The topological polar surface area (TPSA) is 110 Å². The lowest BCUT2D eigenvalue weighted by atomic mass is 10.2.